The summed E-state index contributed by atoms with van der Waals surface area (Å²) in [5.74, 6) is 1.82. The number of anilines is 2. The SMILES string of the molecule is c1ccc(Nc2ccc3c(c2)CC2(CN4CCC2CC4)O3)cc1. The van der Waals surface area contributed by atoms with Gasteiger partial charge in [-0.3, -0.25) is 4.90 Å². The van der Waals surface area contributed by atoms with Gasteiger partial charge in [-0.25, -0.2) is 0 Å². The zero-order valence-corrected chi connectivity index (χ0v) is 13.3. The molecular formula is C20H22N2O. The Bertz CT molecular complexity index is 722. The summed E-state index contributed by atoms with van der Waals surface area (Å²) in [4.78, 5) is 2.58. The van der Waals surface area contributed by atoms with Crippen LogP contribution in [0.4, 0.5) is 11.4 Å². The highest BCUT2D eigenvalue weighted by atomic mass is 16.5. The van der Waals surface area contributed by atoms with E-state index < -0.39 is 0 Å². The molecule has 2 bridgehead atoms. The first-order valence-corrected chi connectivity index (χ1v) is 8.67. The lowest BCUT2D eigenvalue weighted by atomic mass is 9.73. The quantitative estimate of drug-likeness (QED) is 0.912. The molecule has 4 aliphatic heterocycles. The van der Waals surface area contributed by atoms with E-state index in [1.165, 1.54) is 31.5 Å². The Hall–Kier alpha value is -2.00. The lowest BCUT2D eigenvalue weighted by Gasteiger charge is -2.50. The van der Waals surface area contributed by atoms with Crippen molar-refractivity contribution in [3.05, 3.63) is 54.1 Å². The minimum absolute atomic E-state index is 0.0458. The Morgan fingerprint density at radius 2 is 1.83 bits per heavy atom. The highest BCUT2D eigenvalue weighted by molar-refractivity contribution is 5.62. The minimum Gasteiger partial charge on any atom is -0.485 e. The third kappa shape index (κ3) is 2.22. The average Bonchev–Trinajstić information content (AvgIpc) is 2.93. The molecule has 1 unspecified atom stereocenters. The molecule has 3 heteroatoms. The molecule has 6 rings (SSSR count). The number of piperidine rings is 3. The van der Waals surface area contributed by atoms with Crippen molar-refractivity contribution in [2.75, 3.05) is 25.0 Å². The third-order valence-corrected chi connectivity index (χ3v) is 5.75. The van der Waals surface area contributed by atoms with Gasteiger partial charge in [-0.1, -0.05) is 18.2 Å². The summed E-state index contributed by atoms with van der Waals surface area (Å²) in [6, 6.07) is 16.9. The van der Waals surface area contributed by atoms with Gasteiger partial charge in [0.15, 0.2) is 0 Å². The number of fused-ring (bicyclic) bond motifs is 3. The number of ether oxygens (including phenoxy) is 1. The van der Waals surface area contributed by atoms with Crippen LogP contribution in [0, 0.1) is 5.92 Å². The van der Waals surface area contributed by atoms with Gasteiger partial charge in [0.2, 0.25) is 0 Å². The van der Waals surface area contributed by atoms with E-state index in [4.69, 9.17) is 4.74 Å². The van der Waals surface area contributed by atoms with Crippen molar-refractivity contribution in [2.24, 2.45) is 5.92 Å². The average molecular weight is 306 g/mol. The predicted molar refractivity (Wildman–Crippen MR) is 92.4 cm³/mol. The van der Waals surface area contributed by atoms with E-state index in [1.54, 1.807) is 0 Å². The maximum atomic E-state index is 6.51. The van der Waals surface area contributed by atoms with Crippen LogP contribution in [-0.4, -0.2) is 30.1 Å². The minimum atomic E-state index is 0.0458. The van der Waals surface area contributed by atoms with Crippen molar-refractivity contribution in [1.29, 1.82) is 0 Å². The molecule has 0 amide bonds. The zero-order valence-electron chi connectivity index (χ0n) is 13.3. The van der Waals surface area contributed by atoms with E-state index in [0.29, 0.717) is 0 Å². The molecular weight excluding hydrogens is 284 g/mol. The number of benzene rings is 2. The Morgan fingerprint density at radius 3 is 2.57 bits per heavy atom. The fourth-order valence-electron chi connectivity index (χ4n) is 4.60. The second-order valence-corrected chi connectivity index (χ2v) is 7.21. The van der Waals surface area contributed by atoms with E-state index in [0.717, 1.165) is 36.0 Å². The molecule has 118 valence electrons. The van der Waals surface area contributed by atoms with E-state index in [1.807, 2.05) is 6.07 Å². The maximum Gasteiger partial charge on any atom is 0.129 e. The molecule has 3 saturated heterocycles. The third-order valence-electron chi connectivity index (χ3n) is 5.75. The molecule has 1 spiro atoms. The van der Waals surface area contributed by atoms with Crippen LogP contribution in [0.5, 0.6) is 5.75 Å². The summed E-state index contributed by atoms with van der Waals surface area (Å²) in [6.07, 6.45) is 3.65. The van der Waals surface area contributed by atoms with E-state index in [9.17, 15) is 0 Å². The zero-order chi connectivity index (χ0) is 15.3. The topological polar surface area (TPSA) is 24.5 Å². The van der Waals surface area contributed by atoms with Crippen LogP contribution in [-0.2, 0) is 6.42 Å². The van der Waals surface area contributed by atoms with Crippen LogP contribution in [0.2, 0.25) is 0 Å². The smallest absolute Gasteiger partial charge is 0.129 e. The Kier molecular flexibility index (Phi) is 2.92. The highest BCUT2D eigenvalue weighted by Crippen LogP contribution is 2.47. The number of para-hydroxylation sites is 1. The van der Waals surface area contributed by atoms with Gasteiger partial charge in [0, 0.05) is 35.8 Å². The summed E-state index contributed by atoms with van der Waals surface area (Å²) >= 11 is 0. The van der Waals surface area contributed by atoms with Crippen molar-refractivity contribution < 1.29 is 4.74 Å². The highest BCUT2D eigenvalue weighted by Gasteiger charge is 2.51. The summed E-state index contributed by atoms with van der Waals surface area (Å²) in [5.41, 5.74) is 3.69. The second-order valence-electron chi connectivity index (χ2n) is 7.21. The summed E-state index contributed by atoms with van der Waals surface area (Å²) in [7, 11) is 0. The maximum absolute atomic E-state index is 6.51. The number of hydrogen-bond acceptors (Lipinski definition) is 3. The van der Waals surface area contributed by atoms with Crippen LogP contribution in [0.3, 0.4) is 0 Å². The van der Waals surface area contributed by atoms with E-state index in [-0.39, 0.29) is 5.60 Å². The van der Waals surface area contributed by atoms with Gasteiger partial charge in [-0.05, 0) is 56.3 Å². The van der Waals surface area contributed by atoms with E-state index >= 15 is 0 Å². The first kappa shape index (κ1) is 13.4. The van der Waals surface area contributed by atoms with Crippen molar-refractivity contribution in [2.45, 2.75) is 24.9 Å². The standard InChI is InChI=1S/C20H22N2O/c1-2-4-17(5-3-1)21-18-6-7-19-15(12-18)13-20(23-19)14-22-10-8-16(20)9-11-22/h1-7,12,16,21H,8-11,13-14H2. The van der Waals surface area contributed by atoms with Crippen LogP contribution >= 0.6 is 0 Å². The van der Waals surface area contributed by atoms with Crippen LogP contribution in [0.15, 0.2) is 48.5 Å². The van der Waals surface area contributed by atoms with Gasteiger partial charge in [0.1, 0.15) is 11.4 Å². The summed E-state index contributed by atoms with van der Waals surface area (Å²) < 4.78 is 6.51. The molecule has 0 radical (unpaired) electrons. The Morgan fingerprint density at radius 1 is 1.00 bits per heavy atom. The molecule has 0 aliphatic carbocycles. The molecule has 0 aromatic heterocycles. The van der Waals surface area contributed by atoms with Gasteiger partial charge in [0.05, 0.1) is 0 Å². The number of rotatable bonds is 2. The van der Waals surface area contributed by atoms with E-state index in [2.05, 4.69) is 52.7 Å². The molecule has 4 aliphatic rings. The molecule has 3 fully saturated rings. The Labute approximate surface area is 137 Å². The lowest BCUT2D eigenvalue weighted by molar-refractivity contribution is -0.0798. The summed E-state index contributed by atoms with van der Waals surface area (Å²) in [5, 5.41) is 3.49. The molecule has 2 aromatic carbocycles. The van der Waals surface area contributed by atoms with Crippen LogP contribution in [0.25, 0.3) is 0 Å². The fraction of sp³-hybridized carbons (Fsp3) is 0.400. The first-order chi connectivity index (χ1) is 11.3. The molecule has 1 atom stereocenters. The lowest BCUT2D eigenvalue weighted by Crippen LogP contribution is -2.61. The first-order valence-electron chi connectivity index (χ1n) is 8.67. The number of nitrogens with zero attached hydrogens (tertiary/aromatic N) is 1. The predicted octanol–water partition coefficient (Wildman–Crippen LogP) is 3.83. The number of hydrogen-bond donors (Lipinski definition) is 1. The fourth-order valence-corrected chi connectivity index (χ4v) is 4.60. The second kappa shape index (κ2) is 5.00. The molecule has 4 heterocycles. The molecule has 3 nitrogen and oxygen atoms in total. The largest absolute Gasteiger partial charge is 0.485 e. The molecule has 2 aromatic rings. The molecule has 23 heavy (non-hydrogen) atoms. The van der Waals surface area contributed by atoms with Crippen molar-refractivity contribution >= 4 is 11.4 Å². The van der Waals surface area contributed by atoms with Gasteiger partial charge in [-0.2, -0.15) is 0 Å². The van der Waals surface area contributed by atoms with Crippen molar-refractivity contribution in [1.82, 2.24) is 4.90 Å². The monoisotopic (exact) mass is 306 g/mol. The van der Waals surface area contributed by atoms with Gasteiger partial charge in [0.25, 0.3) is 0 Å². The van der Waals surface area contributed by atoms with Gasteiger partial charge >= 0.3 is 0 Å². The molecule has 1 N–H and O–H groups in total. The molecule has 0 saturated carbocycles. The van der Waals surface area contributed by atoms with Crippen LogP contribution < -0.4 is 10.1 Å². The summed E-state index contributed by atoms with van der Waals surface area (Å²) in [6.45, 7) is 3.62. The van der Waals surface area contributed by atoms with Gasteiger partial charge < -0.3 is 10.1 Å². The van der Waals surface area contributed by atoms with Gasteiger partial charge in [-0.15, -0.1) is 0 Å². The van der Waals surface area contributed by atoms with Crippen LogP contribution in [0.1, 0.15) is 18.4 Å². The normalized spacial score (nSPS) is 31.0. The number of nitrogens with one attached hydrogen (secondary N) is 1. The Balaban J connectivity index is 1.41. The van der Waals surface area contributed by atoms with Crippen molar-refractivity contribution in [3.8, 4) is 5.75 Å². The van der Waals surface area contributed by atoms with Crippen molar-refractivity contribution in [3.63, 3.8) is 0 Å².